The number of aryl methyl sites for hydroxylation is 1. The molecule has 0 saturated carbocycles. The molecular formula is C12H13BrOS2. The Labute approximate surface area is 112 Å². The predicted octanol–water partition coefficient (Wildman–Crippen LogP) is 4.41. The highest BCUT2D eigenvalue weighted by molar-refractivity contribution is 9.10. The molecule has 0 aliphatic heterocycles. The largest absolute Gasteiger partial charge is 0.387 e. The second-order valence-corrected chi connectivity index (χ2v) is 6.62. The van der Waals surface area contributed by atoms with Crippen LogP contribution < -0.4 is 0 Å². The van der Waals surface area contributed by atoms with Crippen molar-refractivity contribution in [3.8, 4) is 0 Å². The van der Waals surface area contributed by atoms with E-state index in [0.717, 1.165) is 15.8 Å². The van der Waals surface area contributed by atoms with Crippen molar-refractivity contribution in [3.63, 3.8) is 0 Å². The molecule has 0 aliphatic rings. The normalized spacial score (nSPS) is 12.9. The van der Waals surface area contributed by atoms with Gasteiger partial charge in [-0.2, -0.15) is 0 Å². The molecule has 0 fully saturated rings. The maximum absolute atomic E-state index is 10.1. The average Bonchev–Trinajstić information content (AvgIpc) is 2.88. The van der Waals surface area contributed by atoms with E-state index in [0.29, 0.717) is 6.42 Å². The summed E-state index contributed by atoms with van der Waals surface area (Å²) in [6.45, 7) is 2.14. The summed E-state index contributed by atoms with van der Waals surface area (Å²) in [6, 6.07) is 6.17. The van der Waals surface area contributed by atoms with Crippen molar-refractivity contribution in [2.24, 2.45) is 0 Å². The third-order valence-electron chi connectivity index (χ3n) is 2.43. The monoisotopic (exact) mass is 316 g/mol. The van der Waals surface area contributed by atoms with Crippen molar-refractivity contribution < 1.29 is 5.11 Å². The molecule has 2 aromatic heterocycles. The average molecular weight is 317 g/mol. The van der Waals surface area contributed by atoms with Crippen LogP contribution in [0.2, 0.25) is 0 Å². The fraction of sp³-hybridized carbons (Fsp3) is 0.333. The lowest BCUT2D eigenvalue weighted by Crippen LogP contribution is -1.97. The van der Waals surface area contributed by atoms with Gasteiger partial charge < -0.3 is 5.11 Å². The third-order valence-corrected chi connectivity index (χ3v) is 5.71. The molecule has 2 aromatic rings. The van der Waals surface area contributed by atoms with Crippen molar-refractivity contribution in [2.45, 2.75) is 25.9 Å². The maximum Gasteiger partial charge on any atom is 0.0930 e. The Morgan fingerprint density at radius 2 is 2.19 bits per heavy atom. The molecular weight excluding hydrogens is 304 g/mol. The molecule has 2 heterocycles. The van der Waals surface area contributed by atoms with Gasteiger partial charge in [-0.05, 0) is 45.9 Å². The van der Waals surface area contributed by atoms with Gasteiger partial charge in [0.15, 0.2) is 0 Å². The molecule has 1 atom stereocenters. The third kappa shape index (κ3) is 2.74. The minimum Gasteiger partial charge on any atom is -0.387 e. The number of aliphatic hydroxyl groups excluding tert-OH is 1. The first-order valence-electron chi connectivity index (χ1n) is 5.19. The predicted molar refractivity (Wildman–Crippen MR) is 74.4 cm³/mol. The summed E-state index contributed by atoms with van der Waals surface area (Å²) >= 11 is 6.88. The Bertz CT molecular complexity index is 461. The van der Waals surface area contributed by atoms with Gasteiger partial charge in [-0.15, -0.1) is 22.7 Å². The van der Waals surface area contributed by atoms with E-state index in [1.807, 2.05) is 17.5 Å². The summed E-state index contributed by atoms with van der Waals surface area (Å²) < 4.78 is 1.10. The zero-order valence-corrected chi connectivity index (χ0v) is 12.2. The fourth-order valence-corrected chi connectivity index (χ4v) is 4.00. The molecule has 16 heavy (non-hydrogen) atoms. The SMILES string of the molecule is CCc1ccc(C(O)Cc2sccc2Br)s1. The zero-order valence-electron chi connectivity index (χ0n) is 8.94. The highest BCUT2D eigenvalue weighted by atomic mass is 79.9. The van der Waals surface area contributed by atoms with Gasteiger partial charge >= 0.3 is 0 Å². The Kier molecular flexibility index (Phi) is 4.19. The highest BCUT2D eigenvalue weighted by Gasteiger charge is 2.13. The molecule has 4 heteroatoms. The van der Waals surface area contributed by atoms with Crippen LogP contribution in [0.4, 0.5) is 0 Å². The summed E-state index contributed by atoms with van der Waals surface area (Å²) in [6.07, 6.45) is 1.36. The number of hydrogen-bond acceptors (Lipinski definition) is 3. The minimum absolute atomic E-state index is 0.375. The van der Waals surface area contributed by atoms with E-state index in [9.17, 15) is 5.11 Å². The summed E-state index contributed by atoms with van der Waals surface area (Å²) in [7, 11) is 0. The second-order valence-electron chi connectivity index (χ2n) is 3.57. The molecule has 0 spiro atoms. The lowest BCUT2D eigenvalue weighted by Gasteiger charge is -2.07. The molecule has 1 N–H and O–H groups in total. The molecule has 1 unspecified atom stereocenters. The maximum atomic E-state index is 10.1. The standard InChI is InChI=1S/C12H13BrOS2/c1-2-8-3-4-11(16-8)10(14)7-12-9(13)5-6-15-12/h3-6,10,14H,2,7H2,1H3. The van der Waals surface area contributed by atoms with Crippen LogP contribution in [-0.2, 0) is 12.8 Å². The Balaban J connectivity index is 2.08. The van der Waals surface area contributed by atoms with E-state index in [4.69, 9.17) is 0 Å². The first-order chi connectivity index (χ1) is 7.70. The first-order valence-corrected chi connectivity index (χ1v) is 7.68. The number of hydrogen-bond donors (Lipinski definition) is 1. The number of rotatable bonds is 4. The summed E-state index contributed by atoms with van der Waals surface area (Å²) in [5, 5.41) is 12.2. The molecule has 86 valence electrons. The first kappa shape index (κ1) is 12.3. The van der Waals surface area contributed by atoms with Crippen LogP contribution in [0.25, 0.3) is 0 Å². The second kappa shape index (κ2) is 5.45. The molecule has 2 rings (SSSR count). The van der Waals surface area contributed by atoms with E-state index >= 15 is 0 Å². The van der Waals surface area contributed by atoms with Gasteiger partial charge in [0, 0.05) is 25.5 Å². The van der Waals surface area contributed by atoms with Crippen LogP contribution >= 0.6 is 38.6 Å². The molecule has 0 bridgehead atoms. The van der Waals surface area contributed by atoms with Crippen molar-refractivity contribution >= 4 is 38.6 Å². The van der Waals surface area contributed by atoms with Gasteiger partial charge in [-0.1, -0.05) is 6.92 Å². The fourth-order valence-electron chi connectivity index (χ4n) is 1.51. The molecule has 0 amide bonds. The van der Waals surface area contributed by atoms with E-state index in [2.05, 4.69) is 28.9 Å². The molecule has 1 nitrogen and oxygen atoms in total. The van der Waals surface area contributed by atoms with E-state index in [1.54, 1.807) is 22.7 Å². The molecule has 0 radical (unpaired) electrons. The van der Waals surface area contributed by atoms with Crippen LogP contribution in [0.1, 0.15) is 27.7 Å². The Morgan fingerprint density at radius 1 is 1.38 bits per heavy atom. The zero-order chi connectivity index (χ0) is 11.5. The van der Waals surface area contributed by atoms with Gasteiger partial charge in [0.05, 0.1) is 6.10 Å². The van der Waals surface area contributed by atoms with E-state index < -0.39 is 0 Å². The van der Waals surface area contributed by atoms with Crippen molar-refractivity contribution in [1.82, 2.24) is 0 Å². The lowest BCUT2D eigenvalue weighted by atomic mass is 10.2. The van der Waals surface area contributed by atoms with Gasteiger partial charge in [-0.3, -0.25) is 0 Å². The Morgan fingerprint density at radius 3 is 2.75 bits per heavy atom. The number of halogens is 1. The summed E-state index contributed by atoms with van der Waals surface area (Å²) in [4.78, 5) is 3.61. The van der Waals surface area contributed by atoms with E-state index in [-0.39, 0.29) is 6.10 Å². The van der Waals surface area contributed by atoms with Gasteiger partial charge in [-0.25, -0.2) is 0 Å². The smallest absolute Gasteiger partial charge is 0.0930 e. The molecule has 0 aliphatic carbocycles. The quantitative estimate of drug-likeness (QED) is 0.885. The number of thiophene rings is 2. The summed E-state index contributed by atoms with van der Waals surface area (Å²) in [5.41, 5.74) is 0. The van der Waals surface area contributed by atoms with Crippen LogP contribution in [0.5, 0.6) is 0 Å². The van der Waals surface area contributed by atoms with Crippen LogP contribution in [0.3, 0.4) is 0 Å². The topological polar surface area (TPSA) is 20.2 Å². The van der Waals surface area contributed by atoms with Crippen LogP contribution in [0, 0.1) is 0 Å². The van der Waals surface area contributed by atoms with Gasteiger partial charge in [0.2, 0.25) is 0 Å². The Hall–Kier alpha value is -0.160. The lowest BCUT2D eigenvalue weighted by molar-refractivity contribution is 0.183. The molecule has 0 aromatic carbocycles. The highest BCUT2D eigenvalue weighted by Crippen LogP contribution is 2.31. The van der Waals surface area contributed by atoms with Crippen molar-refractivity contribution in [1.29, 1.82) is 0 Å². The summed E-state index contributed by atoms with van der Waals surface area (Å²) in [5.74, 6) is 0. The van der Waals surface area contributed by atoms with E-state index in [1.165, 1.54) is 9.75 Å². The molecule has 0 saturated heterocycles. The number of aliphatic hydroxyl groups is 1. The van der Waals surface area contributed by atoms with Crippen LogP contribution in [0.15, 0.2) is 28.1 Å². The minimum atomic E-state index is -0.375. The van der Waals surface area contributed by atoms with Crippen LogP contribution in [-0.4, -0.2) is 5.11 Å². The van der Waals surface area contributed by atoms with Crippen molar-refractivity contribution in [3.05, 3.63) is 42.7 Å². The van der Waals surface area contributed by atoms with Gasteiger partial charge in [0.25, 0.3) is 0 Å². The van der Waals surface area contributed by atoms with Crippen molar-refractivity contribution in [2.75, 3.05) is 0 Å². The van der Waals surface area contributed by atoms with Gasteiger partial charge in [0.1, 0.15) is 0 Å².